The van der Waals surface area contributed by atoms with Gasteiger partial charge in [0.25, 0.3) is 0 Å². The van der Waals surface area contributed by atoms with E-state index in [9.17, 15) is 4.79 Å². The lowest BCUT2D eigenvalue weighted by molar-refractivity contribution is -0.120. The Bertz CT molecular complexity index is 369. The van der Waals surface area contributed by atoms with E-state index < -0.39 is 0 Å². The molecule has 1 aliphatic carbocycles. The molecule has 2 atom stereocenters. The van der Waals surface area contributed by atoms with E-state index in [1.54, 1.807) is 0 Å². The number of halogens is 1. The Morgan fingerprint density at radius 3 is 2.61 bits per heavy atom. The Kier molecular flexibility index (Phi) is 5.99. The zero-order valence-electron chi connectivity index (χ0n) is 10.7. The molecule has 0 saturated heterocycles. The van der Waals surface area contributed by atoms with Gasteiger partial charge < -0.3 is 10.6 Å². The van der Waals surface area contributed by atoms with Gasteiger partial charge in [-0.3, -0.25) is 4.79 Å². The van der Waals surface area contributed by atoms with Crippen LogP contribution in [0.5, 0.6) is 0 Å². The van der Waals surface area contributed by atoms with Crippen LogP contribution in [-0.4, -0.2) is 18.5 Å². The summed E-state index contributed by atoms with van der Waals surface area (Å²) < 4.78 is 0. The maximum Gasteiger partial charge on any atom is 0.239 e. The van der Waals surface area contributed by atoms with Crippen LogP contribution in [0.2, 0.25) is 0 Å². The number of carbonyl (C=O) groups excluding carboxylic acids is 1. The molecule has 1 aromatic carbocycles. The lowest BCUT2D eigenvalue weighted by Gasteiger charge is -2.17. The number of rotatable bonds is 4. The van der Waals surface area contributed by atoms with E-state index in [0.29, 0.717) is 18.5 Å². The second-order valence-corrected chi connectivity index (χ2v) is 4.80. The third-order valence-electron chi connectivity index (χ3n) is 3.43. The number of carbonyl (C=O) groups is 1. The van der Waals surface area contributed by atoms with Crippen molar-refractivity contribution in [1.29, 1.82) is 0 Å². The molecule has 1 aliphatic rings. The molecular formula is C14H21ClN2O. The van der Waals surface area contributed by atoms with Crippen molar-refractivity contribution in [3.8, 4) is 0 Å². The van der Waals surface area contributed by atoms with Gasteiger partial charge in [0.05, 0.1) is 6.54 Å². The quantitative estimate of drug-likeness (QED) is 0.882. The molecule has 0 heterocycles. The molecule has 1 amide bonds. The summed E-state index contributed by atoms with van der Waals surface area (Å²) in [6, 6.07) is 10.2. The van der Waals surface area contributed by atoms with Crippen molar-refractivity contribution in [2.24, 2.45) is 5.92 Å². The minimum Gasteiger partial charge on any atom is -0.376 e. The molecule has 4 heteroatoms. The SMILES string of the molecule is CC1CCCC1NC(=O)CNc1ccccc1.Cl. The minimum absolute atomic E-state index is 0. The van der Waals surface area contributed by atoms with Crippen molar-refractivity contribution in [2.75, 3.05) is 11.9 Å². The predicted octanol–water partition coefficient (Wildman–Crippen LogP) is 2.83. The number of amides is 1. The van der Waals surface area contributed by atoms with Crippen molar-refractivity contribution in [1.82, 2.24) is 5.32 Å². The minimum atomic E-state index is 0. The van der Waals surface area contributed by atoms with E-state index in [2.05, 4.69) is 17.6 Å². The zero-order chi connectivity index (χ0) is 12.1. The third-order valence-corrected chi connectivity index (χ3v) is 3.43. The van der Waals surface area contributed by atoms with Crippen molar-refractivity contribution in [3.05, 3.63) is 30.3 Å². The lowest BCUT2D eigenvalue weighted by atomic mass is 10.1. The van der Waals surface area contributed by atoms with Crippen molar-refractivity contribution >= 4 is 24.0 Å². The average molecular weight is 269 g/mol. The summed E-state index contributed by atoms with van der Waals surface area (Å²) in [5.74, 6) is 0.711. The van der Waals surface area contributed by atoms with Crippen LogP contribution in [0.25, 0.3) is 0 Å². The van der Waals surface area contributed by atoms with Crippen LogP contribution in [0.4, 0.5) is 5.69 Å². The van der Waals surface area contributed by atoms with Gasteiger partial charge in [0.1, 0.15) is 0 Å². The molecule has 0 spiro atoms. The summed E-state index contributed by atoms with van der Waals surface area (Å²) in [5, 5.41) is 6.22. The van der Waals surface area contributed by atoms with E-state index in [0.717, 1.165) is 12.1 Å². The predicted molar refractivity (Wildman–Crippen MR) is 77.1 cm³/mol. The molecule has 0 radical (unpaired) electrons. The summed E-state index contributed by atoms with van der Waals surface area (Å²) in [6.45, 7) is 2.57. The topological polar surface area (TPSA) is 41.1 Å². The van der Waals surface area contributed by atoms with Crippen LogP contribution in [0.1, 0.15) is 26.2 Å². The molecule has 100 valence electrons. The molecule has 0 bridgehead atoms. The van der Waals surface area contributed by atoms with Crippen molar-refractivity contribution < 1.29 is 4.79 Å². The van der Waals surface area contributed by atoms with Gasteiger partial charge in [-0.15, -0.1) is 12.4 Å². The maximum absolute atomic E-state index is 11.7. The summed E-state index contributed by atoms with van der Waals surface area (Å²) in [5.41, 5.74) is 0.988. The largest absolute Gasteiger partial charge is 0.376 e. The fourth-order valence-electron chi connectivity index (χ4n) is 2.36. The first-order valence-electron chi connectivity index (χ1n) is 6.34. The van der Waals surface area contributed by atoms with Gasteiger partial charge in [-0.25, -0.2) is 0 Å². The number of nitrogens with one attached hydrogen (secondary N) is 2. The second kappa shape index (κ2) is 7.27. The molecule has 0 aliphatic heterocycles. The van der Waals surface area contributed by atoms with Gasteiger partial charge in [-0.1, -0.05) is 31.5 Å². The van der Waals surface area contributed by atoms with Crippen LogP contribution in [0, 0.1) is 5.92 Å². The number of anilines is 1. The first-order valence-corrected chi connectivity index (χ1v) is 6.34. The molecule has 1 fully saturated rings. The molecule has 1 saturated carbocycles. The van der Waals surface area contributed by atoms with E-state index in [1.165, 1.54) is 12.8 Å². The lowest BCUT2D eigenvalue weighted by Crippen LogP contribution is -2.39. The fraction of sp³-hybridized carbons (Fsp3) is 0.500. The molecule has 2 unspecified atom stereocenters. The van der Waals surface area contributed by atoms with Crippen molar-refractivity contribution in [2.45, 2.75) is 32.2 Å². The molecule has 1 aromatic rings. The van der Waals surface area contributed by atoms with Gasteiger partial charge in [0.2, 0.25) is 5.91 Å². The standard InChI is InChI=1S/C14H20N2O.ClH/c1-11-6-5-9-13(11)16-14(17)10-15-12-7-3-2-4-8-12;/h2-4,7-8,11,13,15H,5-6,9-10H2,1H3,(H,16,17);1H. The van der Waals surface area contributed by atoms with E-state index >= 15 is 0 Å². The zero-order valence-corrected chi connectivity index (χ0v) is 11.5. The highest BCUT2D eigenvalue weighted by Gasteiger charge is 2.24. The molecule has 3 nitrogen and oxygen atoms in total. The number of para-hydroxylation sites is 1. The first kappa shape index (κ1) is 14.8. The van der Waals surface area contributed by atoms with Gasteiger partial charge in [-0.2, -0.15) is 0 Å². The molecular weight excluding hydrogens is 248 g/mol. The van der Waals surface area contributed by atoms with Crippen LogP contribution in [-0.2, 0) is 4.79 Å². The fourth-order valence-corrected chi connectivity index (χ4v) is 2.36. The summed E-state index contributed by atoms with van der Waals surface area (Å²) in [6.07, 6.45) is 3.59. The highest BCUT2D eigenvalue weighted by Crippen LogP contribution is 2.24. The van der Waals surface area contributed by atoms with Crippen LogP contribution >= 0.6 is 12.4 Å². The average Bonchev–Trinajstić information content (AvgIpc) is 2.74. The molecule has 2 rings (SSSR count). The summed E-state index contributed by atoms with van der Waals surface area (Å²) in [7, 11) is 0. The molecule has 2 N–H and O–H groups in total. The van der Waals surface area contributed by atoms with Crippen LogP contribution in [0.15, 0.2) is 30.3 Å². The first-order chi connectivity index (χ1) is 8.25. The van der Waals surface area contributed by atoms with Crippen LogP contribution in [0.3, 0.4) is 0 Å². The van der Waals surface area contributed by atoms with E-state index in [-0.39, 0.29) is 18.3 Å². The number of hydrogen-bond acceptors (Lipinski definition) is 2. The number of hydrogen-bond donors (Lipinski definition) is 2. The summed E-state index contributed by atoms with van der Waals surface area (Å²) >= 11 is 0. The normalized spacial score (nSPS) is 22.1. The van der Waals surface area contributed by atoms with E-state index in [4.69, 9.17) is 0 Å². The highest BCUT2D eigenvalue weighted by molar-refractivity contribution is 5.85. The van der Waals surface area contributed by atoms with Gasteiger partial charge in [0.15, 0.2) is 0 Å². The third kappa shape index (κ3) is 4.22. The summed E-state index contributed by atoms with van der Waals surface area (Å²) in [4.78, 5) is 11.7. The maximum atomic E-state index is 11.7. The smallest absolute Gasteiger partial charge is 0.239 e. The Hall–Kier alpha value is -1.22. The second-order valence-electron chi connectivity index (χ2n) is 4.80. The molecule has 0 aromatic heterocycles. The Morgan fingerprint density at radius 1 is 1.28 bits per heavy atom. The van der Waals surface area contributed by atoms with Gasteiger partial charge in [0, 0.05) is 11.7 Å². The molecule has 18 heavy (non-hydrogen) atoms. The van der Waals surface area contributed by atoms with Crippen LogP contribution < -0.4 is 10.6 Å². The monoisotopic (exact) mass is 268 g/mol. The Labute approximate surface area is 115 Å². The van der Waals surface area contributed by atoms with E-state index in [1.807, 2.05) is 30.3 Å². The Balaban J connectivity index is 0.00000162. The Morgan fingerprint density at radius 2 is 2.00 bits per heavy atom. The number of benzene rings is 1. The van der Waals surface area contributed by atoms with Gasteiger partial charge >= 0.3 is 0 Å². The van der Waals surface area contributed by atoms with Crippen molar-refractivity contribution in [3.63, 3.8) is 0 Å². The highest BCUT2D eigenvalue weighted by atomic mass is 35.5. The van der Waals surface area contributed by atoms with Gasteiger partial charge in [-0.05, 0) is 30.9 Å².